The van der Waals surface area contributed by atoms with Gasteiger partial charge in [-0.3, -0.25) is 0 Å². The van der Waals surface area contributed by atoms with Gasteiger partial charge < -0.3 is 4.98 Å². The molecule has 0 fully saturated rings. The second-order valence-corrected chi connectivity index (χ2v) is 5.84. The summed E-state index contributed by atoms with van der Waals surface area (Å²) in [6.07, 6.45) is 1.20. The number of nitrogens with one attached hydrogen (secondary N) is 1. The highest BCUT2D eigenvalue weighted by Gasteiger charge is 2.17. The predicted octanol–water partition coefficient (Wildman–Crippen LogP) is 2.89. The van der Waals surface area contributed by atoms with E-state index in [1.807, 2.05) is 0 Å². The molecular weight excluding hydrogens is 264 g/mol. The van der Waals surface area contributed by atoms with Crippen LogP contribution in [0.25, 0.3) is 10.9 Å². The highest BCUT2D eigenvalue weighted by Crippen LogP contribution is 2.29. The van der Waals surface area contributed by atoms with Crippen molar-refractivity contribution in [3.63, 3.8) is 0 Å². The van der Waals surface area contributed by atoms with E-state index in [9.17, 15) is 12.8 Å². The van der Waals surface area contributed by atoms with Crippen molar-refractivity contribution in [2.24, 2.45) is 0 Å². The van der Waals surface area contributed by atoms with Crippen molar-refractivity contribution in [1.29, 1.82) is 0 Å². The number of hydrogen-bond donors (Lipinski definition) is 1. The van der Waals surface area contributed by atoms with Crippen LogP contribution in [-0.2, 0) is 9.05 Å². The van der Waals surface area contributed by atoms with Crippen LogP contribution >= 0.6 is 22.3 Å². The molecule has 80 valence electrons. The molecule has 1 aromatic heterocycles. The van der Waals surface area contributed by atoms with Gasteiger partial charge in [-0.25, -0.2) is 12.8 Å². The monoisotopic (exact) mass is 267 g/mol. The lowest BCUT2D eigenvalue weighted by molar-refractivity contribution is 0.610. The lowest BCUT2D eigenvalue weighted by atomic mass is 10.2. The highest BCUT2D eigenvalue weighted by molar-refractivity contribution is 8.14. The molecule has 1 N–H and O–H groups in total. The molecule has 1 heterocycles. The van der Waals surface area contributed by atoms with Crippen LogP contribution in [0.2, 0.25) is 5.02 Å². The quantitative estimate of drug-likeness (QED) is 0.808. The van der Waals surface area contributed by atoms with E-state index in [-0.39, 0.29) is 15.3 Å². The third-order valence-corrected chi connectivity index (χ3v) is 3.60. The Morgan fingerprint density at radius 1 is 1.33 bits per heavy atom. The predicted molar refractivity (Wildman–Crippen MR) is 56.3 cm³/mol. The number of hydrogen-bond acceptors (Lipinski definition) is 2. The van der Waals surface area contributed by atoms with Crippen LogP contribution in [-0.4, -0.2) is 13.4 Å². The van der Waals surface area contributed by atoms with Gasteiger partial charge in [0.05, 0.1) is 5.02 Å². The molecule has 7 heteroatoms. The Kier molecular flexibility index (Phi) is 2.41. The molecular formula is C8H4Cl2FNO2S. The molecule has 0 amide bonds. The molecule has 0 aliphatic rings. The fraction of sp³-hybridized carbons (Fsp3) is 0. The maximum Gasteiger partial charge on any atom is 0.263 e. The fourth-order valence-electron chi connectivity index (χ4n) is 1.29. The minimum atomic E-state index is -3.86. The zero-order valence-corrected chi connectivity index (χ0v) is 9.42. The summed E-state index contributed by atoms with van der Waals surface area (Å²) in [6.45, 7) is 0. The van der Waals surface area contributed by atoms with Gasteiger partial charge in [-0.1, -0.05) is 11.6 Å². The summed E-state index contributed by atoms with van der Waals surface area (Å²) in [4.78, 5) is 2.49. The number of H-pyrrole nitrogens is 1. The van der Waals surface area contributed by atoms with Gasteiger partial charge >= 0.3 is 0 Å². The Morgan fingerprint density at radius 2 is 2.00 bits per heavy atom. The molecule has 15 heavy (non-hydrogen) atoms. The normalized spacial score (nSPS) is 12.2. The number of aromatic amines is 1. The maximum absolute atomic E-state index is 13.0. The smallest absolute Gasteiger partial charge is 0.263 e. The first-order valence-corrected chi connectivity index (χ1v) is 6.49. The van der Waals surface area contributed by atoms with Gasteiger partial charge in [0.1, 0.15) is 10.7 Å². The van der Waals surface area contributed by atoms with Crippen LogP contribution in [0.3, 0.4) is 0 Å². The lowest BCUT2D eigenvalue weighted by Crippen LogP contribution is -1.88. The number of rotatable bonds is 1. The van der Waals surface area contributed by atoms with E-state index < -0.39 is 14.9 Å². The molecule has 0 atom stereocenters. The van der Waals surface area contributed by atoms with E-state index in [4.69, 9.17) is 22.3 Å². The maximum atomic E-state index is 13.0. The summed E-state index contributed by atoms with van der Waals surface area (Å²) in [5.74, 6) is -0.621. The van der Waals surface area contributed by atoms with Gasteiger partial charge in [0.2, 0.25) is 0 Å². The van der Waals surface area contributed by atoms with Crippen molar-refractivity contribution in [3.05, 3.63) is 29.2 Å². The standard InChI is InChI=1S/C8H4Cl2FNO2S/c9-5-1-4-7(2-6(5)11)12-3-8(4)15(10,13)14/h1-3,12H. The zero-order valence-electron chi connectivity index (χ0n) is 7.09. The molecule has 0 radical (unpaired) electrons. The van der Waals surface area contributed by atoms with Crippen LogP contribution in [0.5, 0.6) is 0 Å². The molecule has 0 aliphatic heterocycles. The van der Waals surface area contributed by atoms with E-state index in [0.717, 1.165) is 6.07 Å². The van der Waals surface area contributed by atoms with Gasteiger partial charge in [-0.15, -0.1) is 0 Å². The average Bonchev–Trinajstić information content (AvgIpc) is 2.47. The zero-order chi connectivity index (χ0) is 11.2. The van der Waals surface area contributed by atoms with Crippen LogP contribution in [0.1, 0.15) is 0 Å². The lowest BCUT2D eigenvalue weighted by Gasteiger charge is -1.96. The first-order valence-electron chi connectivity index (χ1n) is 3.80. The summed E-state index contributed by atoms with van der Waals surface area (Å²) in [5, 5.41) is 0.125. The Labute approximate surface area is 94.2 Å². The van der Waals surface area contributed by atoms with Crippen molar-refractivity contribution in [2.45, 2.75) is 4.90 Å². The van der Waals surface area contributed by atoms with Crippen molar-refractivity contribution in [2.75, 3.05) is 0 Å². The van der Waals surface area contributed by atoms with E-state index in [1.54, 1.807) is 0 Å². The SMILES string of the molecule is O=S(=O)(Cl)c1c[nH]c2cc(F)c(Cl)cc12. The van der Waals surface area contributed by atoms with Crippen molar-refractivity contribution in [1.82, 2.24) is 4.98 Å². The van der Waals surface area contributed by atoms with E-state index in [1.165, 1.54) is 12.3 Å². The number of benzene rings is 1. The van der Waals surface area contributed by atoms with Gasteiger partial charge in [0, 0.05) is 27.8 Å². The molecule has 0 unspecified atom stereocenters. The summed E-state index contributed by atoms with van der Waals surface area (Å²) in [5.41, 5.74) is 0.330. The van der Waals surface area contributed by atoms with E-state index >= 15 is 0 Å². The Balaban J connectivity index is 2.87. The summed E-state index contributed by atoms with van der Waals surface area (Å²) < 4.78 is 35.2. The van der Waals surface area contributed by atoms with E-state index in [0.29, 0.717) is 5.52 Å². The van der Waals surface area contributed by atoms with Gasteiger partial charge in [-0.05, 0) is 12.1 Å². The van der Waals surface area contributed by atoms with Crippen molar-refractivity contribution >= 4 is 42.2 Å². The minimum absolute atomic E-state index is 0.110. The molecule has 0 saturated heterocycles. The molecule has 0 aliphatic carbocycles. The molecule has 1 aromatic carbocycles. The minimum Gasteiger partial charge on any atom is -0.360 e. The van der Waals surface area contributed by atoms with Gasteiger partial charge in [0.15, 0.2) is 0 Å². The van der Waals surface area contributed by atoms with Crippen LogP contribution in [0, 0.1) is 5.82 Å². The topological polar surface area (TPSA) is 49.9 Å². The molecule has 0 saturated carbocycles. The molecule has 0 spiro atoms. The molecule has 0 bridgehead atoms. The average molecular weight is 268 g/mol. The largest absolute Gasteiger partial charge is 0.360 e. The molecule has 2 rings (SSSR count). The molecule has 2 aromatic rings. The van der Waals surface area contributed by atoms with E-state index in [2.05, 4.69) is 4.98 Å². The summed E-state index contributed by atoms with van der Waals surface area (Å²) >= 11 is 5.54. The van der Waals surface area contributed by atoms with Gasteiger partial charge in [0.25, 0.3) is 9.05 Å². The van der Waals surface area contributed by atoms with Gasteiger partial charge in [-0.2, -0.15) is 0 Å². The first-order chi connectivity index (χ1) is 6.89. The Bertz CT molecular complexity index is 635. The Hall–Kier alpha value is -0.780. The Morgan fingerprint density at radius 3 is 2.60 bits per heavy atom. The number of fused-ring (bicyclic) bond motifs is 1. The van der Waals surface area contributed by atoms with Crippen LogP contribution < -0.4 is 0 Å². The third kappa shape index (κ3) is 1.82. The van der Waals surface area contributed by atoms with Crippen molar-refractivity contribution < 1.29 is 12.8 Å². The van der Waals surface area contributed by atoms with Crippen LogP contribution in [0.4, 0.5) is 4.39 Å². The first kappa shape index (κ1) is 10.7. The van der Waals surface area contributed by atoms with Crippen molar-refractivity contribution in [3.8, 4) is 0 Å². The summed E-state index contributed by atoms with van der Waals surface area (Å²) in [6, 6.07) is 2.33. The summed E-state index contributed by atoms with van der Waals surface area (Å²) in [7, 11) is 1.33. The molecule has 3 nitrogen and oxygen atoms in total. The fourth-order valence-corrected chi connectivity index (χ4v) is 2.47. The third-order valence-electron chi connectivity index (χ3n) is 1.95. The van der Waals surface area contributed by atoms with Crippen LogP contribution in [0.15, 0.2) is 23.2 Å². The number of aromatic nitrogens is 1. The second-order valence-electron chi connectivity index (χ2n) is 2.90. The number of halogens is 3. The second kappa shape index (κ2) is 3.37. The highest BCUT2D eigenvalue weighted by atomic mass is 35.7.